The topological polar surface area (TPSA) is 144 Å². The normalized spacial score (nSPS) is 14.9. The monoisotopic (exact) mass is 603 g/mol. The van der Waals surface area contributed by atoms with Gasteiger partial charge in [-0.2, -0.15) is 26.7 Å². The third kappa shape index (κ3) is 6.45. The van der Waals surface area contributed by atoms with Crippen LogP contribution in [0.2, 0.25) is 0 Å². The molecule has 1 aliphatic rings. The maximum atomic E-state index is 11.2. The van der Waals surface area contributed by atoms with Gasteiger partial charge in [-0.15, -0.1) is 11.3 Å². The van der Waals surface area contributed by atoms with Crippen LogP contribution in [0.3, 0.4) is 0 Å². The lowest BCUT2D eigenvalue weighted by Gasteiger charge is -2.19. The summed E-state index contributed by atoms with van der Waals surface area (Å²) in [5.41, 5.74) is 0.822. The van der Waals surface area contributed by atoms with E-state index in [-0.39, 0.29) is 24.3 Å². The zero-order valence-electron chi connectivity index (χ0n) is 18.4. The van der Waals surface area contributed by atoms with Crippen LogP contribution in [-0.4, -0.2) is 44.0 Å². The molecule has 0 fully saturated rings. The summed E-state index contributed by atoms with van der Waals surface area (Å²) in [6, 6.07) is 5.73. The van der Waals surface area contributed by atoms with Gasteiger partial charge in [0.05, 0.1) is 39.1 Å². The quantitative estimate of drug-likeness (QED) is 0.147. The molecule has 0 aromatic carbocycles. The van der Waals surface area contributed by atoms with Gasteiger partial charge in [0.25, 0.3) is 30.1 Å². The summed E-state index contributed by atoms with van der Waals surface area (Å²) >= 11 is 5.66. The summed E-state index contributed by atoms with van der Waals surface area (Å²) in [5.74, 6) is -0.706. The molecular formula is C20H19N4O6S6+. The molecule has 16 heteroatoms. The molecule has 10 nitrogen and oxygen atoms in total. The maximum absolute atomic E-state index is 11.2. The SMILES string of the molecule is [C-]#[N+]c1cc2c(s1)SC(=Cc1sc3cc(C#N)sc3[n+]1CCCCS(=O)(=O)O)N2CCCS(=O)(=O)O. The fourth-order valence-electron chi connectivity index (χ4n) is 3.61. The lowest BCUT2D eigenvalue weighted by atomic mass is 10.3. The Bertz CT molecular complexity index is 1640. The number of nitriles is 1. The summed E-state index contributed by atoms with van der Waals surface area (Å²) < 4.78 is 66.7. The number of anilines is 1. The van der Waals surface area contributed by atoms with Crippen molar-refractivity contribution in [1.82, 2.24) is 0 Å². The molecular weight excluding hydrogens is 585 g/mol. The molecule has 2 N–H and O–H groups in total. The number of thioether (sulfide) groups is 1. The summed E-state index contributed by atoms with van der Waals surface area (Å²) in [7, 11) is -8.14. The highest BCUT2D eigenvalue weighted by molar-refractivity contribution is 8.05. The Labute approximate surface area is 224 Å². The van der Waals surface area contributed by atoms with E-state index in [1.165, 1.54) is 45.8 Å². The fraction of sp³-hybridized carbons (Fsp3) is 0.350. The lowest BCUT2D eigenvalue weighted by molar-refractivity contribution is -0.667. The van der Waals surface area contributed by atoms with E-state index < -0.39 is 20.2 Å². The van der Waals surface area contributed by atoms with Crippen molar-refractivity contribution in [2.45, 2.75) is 30.0 Å². The molecule has 4 heterocycles. The van der Waals surface area contributed by atoms with E-state index >= 15 is 0 Å². The van der Waals surface area contributed by atoms with Gasteiger partial charge >= 0.3 is 0 Å². The lowest BCUT2D eigenvalue weighted by Crippen LogP contribution is -2.35. The van der Waals surface area contributed by atoms with Crippen LogP contribution in [0, 0.1) is 17.9 Å². The number of hydrogen-bond acceptors (Lipinski definition) is 10. The Hall–Kier alpha value is -2.02. The number of unbranched alkanes of at least 4 members (excludes halogenated alkanes) is 1. The van der Waals surface area contributed by atoms with Gasteiger partial charge < -0.3 is 4.90 Å². The van der Waals surface area contributed by atoms with Crippen molar-refractivity contribution in [3.63, 3.8) is 0 Å². The Morgan fingerprint density at radius 1 is 1.08 bits per heavy atom. The summed E-state index contributed by atoms with van der Waals surface area (Å²) in [6.07, 6.45) is 2.94. The second kappa shape index (κ2) is 10.8. The third-order valence-electron chi connectivity index (χ3n) is 5.11. The van der Waals surface area contributed by atoms with Crippen molar-refractivity contribution in [2.24, 2.45) is 0 Å². The van der Waals surface area contributed by atoms with Gasteiger partial charge in [0.1, 0.15) is 15.6 Å². The van der Waals surface area contributed by atoms with E-state index in [0.717, 1.165) is 29.5 Å². The minimum Gasteiger partial charge on any atom is -0.335 e. The number of aromatic nitrogens is 1. The molecule has 0 atom stereocenters. The van der Waals surface area contributed by atoms with E-state index in [9.17, 15) is 22.1 Å². The highest BCUT2D eigenvalue weighted by atomic mass is 32.2. The van der Waals surface area contributed by atoms with Gasteiger partial charge in [0.2, 0.25) is 5.00 Å². The van der Waals surface area contributed by atoms with Crippen molar-refractivity contribution in [1.29, 1.82) is 5.26 Å². The largest absolute Gasteiger partial charge is 0.335 e. The van der Waals surface area contributed by atoms with Crippen molar-refractivity contribution in [2.75, 3.05) is 23.0 Å². The van der Waals surface area contributed by atoms with Crippen LogP contribution in [0.1, 0.15) is 29.1 Å². The molecule has 3 aromatic rings. The molecule has 0 radical (unpaired) electrons. The minimum absolute atomic E-state index is 0.195. The smallest absolute Gasteiger partial charge is 0.281 e. The van der Waals surface area contributed by atoms with Crippen LogP contribution in [0.4, 0.5) is 10.7 Å². The third-order valence-corrected chi connectivity index (χ3v) is 11.2. The molecule has 0 aliphatic carbocycles. The van der Waals surface area contributed by atoms with Crippen LogP contribution in [0.15, 0.2) is 21.4 Å². The highest BCUT2D eigenvalue weighted by Gasteiger charge is 2.30. The fourth-order valence-corrected chi connectivity index (χ4v) is 9.37. The van der Waals surface area contributed by atoms with Crippen LogP contribution in [-0.2, 0) is 26.8 Å². The first-order chi connectivity index (χ1) is 17.0. The average molecular weight is 604 g/mol. The van der Waals surface area contributed by atoms with E-state index in [1.807, 2.05) is 21.6 Å². The maximum Gasteiger partial charge on any atom is 0.281 e. The minimum atomic E-state index is -4.10. The van der Waals surface area contributed by atoms with Gasteiger partial charge in [-0.05, 0) is 25.0 Å². The van der Waals surface area contributed by atoms with Crippen LogP contribution in [0.5, 0.6) is 0 Å². The molecule has 0 unspecified atom stereocenters. The number of thiazole rings is 1. The number of nitrogens with zero attached hydrogens (tertiary/aromatic N) is 4. The van der Waals surface area contributed by atoms with E-state index in [1.54, 1.807) is 6.07 Å². The van der Waals surface area contributed by atoms with Gasteiger partial charge in [-0.25, -0.2) is 4.85 Å². The Balaban J connectivity index is 1.67. The number of aryl methyl sites for hydroxylation is 1. The second-order valence-electron chi connectivity index (χ2n) is 7.72. The summed E-state index contributed by atoms with van der Waals surface area (Å²) in [6.45, 7) is 8.11. The van der Waals surface area contributed by atoms with E-state index in [4.69, 9.17) is 15.7 Å². The average Bonchev–Trinajstić information content (AvgIpc) is 3.51. The molecule has 0 amide bonds. The first-order valence-corrected chi connectivity index (χ1v) is 16.9. The number of fused-ring (bicyclic) bond motifs is 2. The molecule has 0 saturated heterocycles. The molecule has 0 bridgehead atoms. The zero-order valence-corrected chi connectivity index (χ0v) is 23.3. The van der Waals surface area contributed by atoms with Crippen molar-refractivity contribution >= 4 is 92.3 Å². The molecule has 190 valence electrons. The van der Waals surface area contributed by atoms with Crippen molar-refractivity contribution in [3.8, 4) is 6.07 Å². The Morgan fingerprint density at radius 3 is 2.47 bits per heavy atom. The summed E-state index contributed by atoms with van der Waals surface area (Å²) in [5, 5.41) is 11.5. The van der Waals surface area contributed by atoms with Gasteiger partial charge in [0, 0.05) is 13.0 Å². The van der Waals surface area contributed by atoms with Crippen LogP contribution >= 0.6 is 45.8 Å². The predicted molar refractivity (Wildman–Crippen MR) is 143 cm³/mol. The van der Waals surface area contributed by atoms with Crippen molar-refractivity contribution < 1.29 is 30.5 Å². The van der Waals surface area contributed by atoms with Gasteiger partial charge in [-0.3, -0.25) is 9.11 Å². The standard InChI is InChI=1S/C20H18N4O6S6/c1-22-16-10-14-20(33-16)34-17(23(14)6-4-8-36(28,29)30)11-18-24(5-2-3-7-35(25,26)27)19-15(32-18)9-13(12-21)31-19/h9-11H,2-8H2,(H-,25,26,27,28,29,30)/p+1. The van der Waals surface area contributed by atoms with Crippen LogP contribution in [0.25, 0.3) is 20.5 Å². The van der Waals surface area contributed by atoms with Crippen molar-refractivity contribution in [3.05, 3.63) is 38.5 Å². The number of hydrogen-bond donors (Lipinski definition) is 2. The second-order valence-corrected chi connectivity index (χ2v) is 15.3. The molecule has 0 spiro atoms. The van der Waals surface area contributed by atoms with Gasteiger partial charge in [-0.1, -0.05) is 34.4 Å². The van der Waals surface area contributed by atoms with E-state index in [0.29, 0.717) is 29.4 Å². The molecule has 3 aromatic heterocycles. The molecule has 36 heavy (non-hydrogen) atoms. The van der Waals surface area contributed by atoms with Gasteiger partial charge in [0.15, 0.2) is 6.54 Å². The zero-order chi connectivity index (χ0) is 26.1. The first kappa shape index (κ1) is 27.0. The molecule has 1 aliphatic heterocycles. The molecule has 0 saturated carbocycles. The number of rotatable bonds is 10. The first-order valence-electron chi connectivity index (χ1n) is 10.4. The van der Waals surface area contributed by atoms with Crippen LogP contribution < -0.4 is 9.47 Å². The highest BCUT2D eigenvalue weighted by Crippen LogP contribution is 2.53. The Kier molecular flexibility index (Phi) is 8.08. The molecule has 4 rings (SSSR count). The van der Waals surface area contributed by atoms with E-state index in [2.05, 4.69) is 10.9 Å². The number of thiophene rings is 2. The summed E-state index contributed by atoms with van der Waals surface area (Å²) in [4.78, 5) is 6.89. The Morgan fingerprint density at radius 2 is 1.81 bits per heavy atom. The predicted octanol–water partition coefficient (Wildman–Crippen LogP) is 4.59.